The summed E-state index contributed by atoms with van der Waals surface area (Å²) in [5.41, 5.74) is 1.76. The summed E-state index contributed by atoms with van der Waals surface area (Å²) < 4.78 is 4.67. The lowest BCUT2D eigenvalue weighted by molar-refractivity contribution is -0.110. The van der Waals surface area contributed by atoms with Crippen molar-refractivity contribution < 1.29 is 19.2 Å². The Morgan fingerprint density at radius 2 is 2.08 bits per heavy atom. The van der Waals surface area contributed by atoms with E-state index in [1.807, 2.05) is 30.3 Å². The van der Waals surface area contributed by atoms with Crippen molar-refractivity contribution in [1.82, 2.24) is 4.98 Å². The molecular weight excluding hydrogens is 330 g/mol. The number of thiazole rings is 1. The Labute approximate surface area is 142 Å². The standard InChI is InChI=1S/C16H15N3O4S/c1-9-13(15(21)22-2)24-16(17-9)18-14(20)11-8-12(23-19-11)10-6-4-3-5-7-10/h3-7,12H,8H2,1-2H3,(H,17,18,20)/t12-/m1/s1. The summed E-state index contributed by atoms with van der Waals surface area (Å²) in [5, 5.41) is 6.83. The van der Waals surface area contributed by atoms with Gasteiger partial charge in [0, 0.05) is 6.42 Å². The van der Waals surface area contributed by atoms with Crippen molar-refractivity contribution in [2.75, 3.05) is 12.4 Å². The Kier molecular flexibility index (Phi) is 4.57. The number of hydrogen-bond acceptors (Lipinski definition) is 7. The largest absolute Gasteiger partial charge is 0.465 e. The van der Waals surface area contributed by atoms with Gasteiger partial charge in [0.05, 0.1) is 12.8 Å². The zero-order valence-corrected chi connectivity index (χ0v) is 13.9. The van der Waals surface area contributed by atoms with Crippen LogP contribution in [0.1, 0.15) is 33.5 Å². The molecule has 2 heterocycles. The van der Waals surface area contributed by atoms with Crippen molar-refractivity contribution in [3.8, 4) is 0 Å². The third-order valence-corrected chi connectivity index (χ3v) is 4.54. The van der Waals surface area contributed by atoms with E-state index in [9.17, 15) is 9.59 Å². The molecule has 0 saturated carbocycles. The number of rotatable bonds is 4. The summed E-state index contributed by atoms with van der Waals surface area (Å²) in [4.78, 5) is 33.7. The number of ether oxygens (including phenoxy) is 1. The Balaban J connectivity index is 1.65. The monoisotopic (exact) mass is 345 g/mol. The van der Waals surface area contributed by atoms with Crippen molar-refractivity contribution >= 4 is 34.1 Å². The molecular formula is C16H15N3O4S. The second kappa shape index (κ2) is 6.79. The maximum absolute atomic E-state index is 12.3. The van der Waals surface area contributed by atoms with E-state index >= 15 is 0 Å². The van der Waals surface area contributed by atoms with Crippen LogP contribution in [0.15, 0.2) is 35.5 Å². The number of benzene rings is 1. The van der Waals surface area contributed by atoms with E-state index in [-0.39, 0.29) is 11.8 Å². The second-order valence-electron chi connectivity index (χ2n) is 5.13. The van der Waals surface area contributed by atoms with Crippen molar-refractivity contribution in [3.63, 3.8) is 0 Å². The number of aromatic nitrogens is 1. The number of carbonyl (C=O) groups excluding carboxylic acids is 2. The highest BCUT2D eigenvalue weighted by atomic mass is 32.1. The zero-order valence-electron chi connectivity index (χ0n) is 13.1. The molecule has 1 aliphatic heterocycles. The third kappa shape index (κ3) is 3.28. The molecule has 3 rings (SSSR count). The predicted molar refractivity (Wildman–Crippen MR) is 89.1 cm³/mol. The first-order chi connectivity index (χ1) is 11.6. The van der Waals surface area contributed by atoms with E-state index in [4.69, 9.17) is 4.84 Å². The number of nitrogens with zero attached hydrogens (tertiary/aromatic N) is 2. The summed E-state index contributed by atoms with van der Waals surface area (Å²) in [5.74, 6) is -0.866. The van der Waals surface area contributed by atoms with E-state index < -0.39 is 11.9 Å². The first-order valence-corrected chi connectivity index (χ1v) is 8.05. The third-order valence-electron chi connectivity index (χ3n) is 3.49. The molecule has 124 valence electrons. The summed E-state index contributed by atoms with van der Waals surface area (Å²) >= 11 is 1.06. The molecule has 1 aromatic heterocycles. The van der Waals surface area contributed by atoms with Crippen LogP contribution in [0.5, 0.6) is 0 Å². The fraction of sp³-hybridized carbons (Fsp3) is 0.250. The molecule has 1 atom stereocenters. The molecule has 1 aromatic carbocycles. The van der Waals surface area contributed by atoms with Crippen LogP contribution in [0.4, 0.5) is 5.13 Å². The maximum atomic E-state index is 12.3. The van der Waals surface area contributed by atoms with Crippen LogP contribution >= 0.6 is 11.3 Å². The van der Waals surface area contributed by atoms with Gasteiger partial charge in [-0.15, -0.1) is 0 Å². The summed E-state index contributed by atoms with van der Waals surface area (Å²) in [7, 11) is 1.30. The highest BCUT2D eigenvalue weighted by molar-refractivity contribution is 7.17. The van der Waals surface area contributed by atoms with E-state index in [2.05, 4.69) is 20.2 Å². The van der Waals surface area contributed by atoms with Gasteiger partial charge >= 0.3 is 5.97 Å². The van der Waals surface area contributed by atoms with Gasteiger partial charge in [0.2, 0.25) is 0 Å². The number of oxime groups is 1. The van der Waals surface area contributed by atoms with Gasteiger partial charge in [-0.1, -0.05) is 46.8 Å². The van der Waals surface area contributed by atoms with Crippen molar-refractivity contribution in [2.24, 2.45) is 5.16 Å². The van der Waals surface area contributed by atoms with Gasteiger partial charge in [-0.2, -0.15) is 0 Å². The van der Waals surface area contributed by atoms with Gasteiger partial charge in [-0.25, -0.2) is 9.78 Å². The average molecular weight is 345 g/mol. The van der Waals surface area contributed by atoms with Gasteiger partial charge in [0.25, 0.3) is 5.91 Å². The van der Waals surface area contributed by atoms with Crippen LogP contribution in [-0.4, -0.2) is 29.7 Å². The number of amides is 1. The highest BCUT2D eigenvalue weighted by Gasteiger charge is 2.28. The minimum absolute atomic E-state index is 0.268. The first kappa shape index (κ1) is 16.1. The molecule has 7 nitrogen and oxygen atoms in total. The summed E-state index contributed by atoms with van der Waals surface area (Å²) in [6.45, 7) is 1.68. The Morgan fingerprint density at radius 3 is 2.79 bits per heavy atom. The molecule has 1 amide bonds. The van der Waals surface area contributed by atoms with E-state index in [1.54, 1.807) is 6.92 Å². The lowest BCUT2D eigenvalue weighted by Gasteiger charge is -2.07. The maximum Gasteiger partial charge on any atom is 0.350 e. The highest BCUT2D eigenvalue weighted by Crippen LogP contribution is 2.28. The molecule has 0 fully saturated rings. The molecule has 0 aliphatic carbocycles. The van der Waals surface area contributed by atoms with Crippen LogP contribution < -0.4 is 5.32 Å². The van der Waals surface area contributed by atoms with Crippen LogP contribution in [0.25, 0.3) is 0 Å². The Bertz CT molecular complexity index is 801. The summed E-state index contributed by atoms with van der Waals surface area (Å²) in [6.07, 6.45) is 0.111. The lowest BCUT2D eigenvalue weighted by Crippen LogP contribution is -2.21. The van der Waals surface area contributed by atoms with Gasteiger partial charge in [-0.3, -0.25) is 10.1 Å². The second-order valence-corrected chi connectivity index (χ2v) is 6.13. The SMILES string of the molecule is COC(=O)c1sc(NC(=O)C2=NO[C@@H](c3ccccc3)C2)nc1C. The lowest BCUT2D eigenvalue weighted by atomic mass is 10.0. The smallest absolute Gasteiger partial charge is 0.350 e. The molecule has 0 bridgehead atoms. The molecule has 8 heteroatoms. The molecule has 2 aromatic rings. The minimum atomic E-state index is -0.476. The Morgan fingerprint density at radius 1 is 1.33 bits per heavy atom. The number of carbonyl (C=O) groups is 2. The predicted octanol–water partition coefficient (Wildman–Crippen LogP) is 2.69. The molecule has 1 N–H and O–H groups in total. The Hall–Kier alpha value is -2.74. The number of aryl methyl sites for hydroxylation is 1. The zero-order chi connectivity index (χ0) is 17.1. The quantitative estimate of drug-likeness (QED) is 0.861. The van der Waals surface area contributed by atoms with E-state index in [1.165, 1.54) is 7.11 Å². The van der Waals surface area contributed by atoms with Crippen molar-refractivity contribution in [1.29, 1.82) is 0 Å². The van der Waals surface area contributed by atoms with E-state index in [0.29, 0.717) is 22.1 Å². The van der Waals surface area contributed by atoms with Crippen LogP contribution in [-0.2, 0) is 14.4 Å². The topological polar surface area (TPSA) is 89.9 Å². The van der Waals surface area contributed by atoms with Gasteiger partial charge in [0.15, 0.2) is 11.2 Å². The van der Waals surface area contributed by atoms with Crippen LogP contribution in [0, 0.1) is 6.92 Å². The molecule has 24 heavy (non-hydrogen) atoms. The number of methoxy groups -OCH3 is 1. The number of hydrogen-bond donors (Lipinski definition) is 1. The molecule has 0 unspecified atom stereocenters. The number of esters is 1. The summed E-state index contributed by atoms with van der Waals surface area (Å²) in [6, 6.07) is 9.57. The average Bonchev–Trinajstić information content (AvgIpc) is 3.22. The van der Waals surface area contributed by atoms with Gasteiger partial charge in [-0.05, 0) is 12.5 Å². The molecule has 0 radical (unpaired) electrons. The minimum Gasteiger partial charge on any atom is -0.465 e. The molecule has 1 aliphatic rings. The van der Waals surface area contributed by atoms with Crippen LogP contribution in [0.2, 0.25) is 0 Å². The normalized spacial score (nSPS) is 16.2. The number of anilines is 1. The number of nitrogens with one attached hydrogen (secondary N) is 1. The van der Waals surface area contributed by atoms with E-state index in [0.717, 1.165) is 16.9 Å². The molecule has 0 spiro atoms. The van der Waals surface area contributed by atoms with Crippen molar-refractivity contribution in [3.05, 3.63) is 46.5 Å². The first-order valence-electron chi connectivity index (χ1n) is 7.23. The van der Waals surface area contributed by atoms with Gasteiger partial charge < -0.3 is 9.57 Å². The fourth-order valence-corrected chi connectivity index (χ4v) is 3.14. The molecule has 0 saturated heterocycles. The van der Waals surface area contributed by atoms with Gasteiger partial charge in [0.1, 0.15) is 10.6 Å². The van der Waals surface area contributed by atoms with Crippen LogP contribution in [0.3, 0.4) is 0 Å². The van der Waals surface area contributed by atoms with Crippen molar-refractivity contribution in [2.45, 2.75) is 19.4 Å². The fourth-order valence-electron chi connectivity index (χ4n) is 2.26.